The number of aliphatic hydroxyl groups excluding tert-OH is 1. The molecule has 1 saturated carbocycles. The zero-order valence-electron chi connectivity index (χ0n) is 18.8. The van der Waals surface area contributed by atoms with Crippen molar-refractivity contribution in [2.45, 2.75) is 51.1 Å². The van der Waals surface area contributed by atoms with Crippen LogP contribution in [0.2, 0.25) is 5.02 Å². The van der Waals surface area contributed by atoms with Crippen LogP contribution in [0.3, 0.4) is 0 Å². The van der Waals surface area contributed by atoms with Gasteiger partial charge in [0.25, 0.3) is 11.7 Å². The second-order valence-electron chi connectivity index (χ2n) is 8.41. The van der Waals surface area contributed by atoms with E-state index >= 15 is 0 Å². The highest BCUT2D eigenvalue weighted by atomic mass is 35.5. The summed E-state index contributed by atoms with van der Waals surface area (Å²) in [6.45, 7) is 2.64. The highest BCUT2D eigenvalue weighted by Crippen LogP contribution is 2.44. The second kappa shape index (κ2) is 9.87. The van der Waals surface area contributed by atoms with Crippen LogP contribution in [-0.2, 0) is 9.59 Å². The van der Waals surface area contributed by atoms with Crippen molar-refractivity contribution in [2.75, 3.05) is 13.7 Å². The number of amides is 1. The van der Waals surface area contributed by atoms with Crippen LogP contribution in [0.1, 0.15) is 56.2 Å². The molecule has 1 saturated heterocycles. The van der Waals surface area contributed by atoms with Gasteiger partial charge in [-0.3, -0.25) is 9.59 Å². The molecule has 2 aromatic rings. The third kappa shape index (κ3) is 4.44. The number of methoxy groups -OCH3 is 1. The molecule has 1 unspecified atom stereocenters. The SMILES string of the molecule is CCCOc1ccc(C2/C(=C(\O)c3cc(OC)ccc3Cl)C(=O)C(=O)N2C2CCCC2)cc1. The Balaban J connectivity index is 1.84. The van der Waals surface area contributed by atoms with Crippen molar-refractivity contribution in [3.05, 3.63) is 64.2 Å². The standard InChI is InChI=1S/C26H28ClNO5/c1-3-14-33-18-10-8-16(9-11-18)23-22(24(29)20-15-19(32-2)12-13-21(20)27)25(30)26(31)28(23)17-6-4-5-7-17/h8-13,15,17,23,29H,3-7,14H2,1-2H3/b24-22+. The molecule has 174 valence electrons. The fourth-order valence-corrected chi connectivity index (χ4v) is 4.87. The summed E-state index contributed by atoms with van der Waals surface area (Å²) in [5.41, 5.74) is 1.04. The molecule has 1 heterocycles. The van der Waals surface area contributed by atoms with E-state index in [1.165, 1.54) is 7.11 Å². The van der Waals surface area contributed by atoms with Gasteiger partial charge in [-0.25, -0.2) is 0 Å². The summed E-state index contributed by atoms with van der Waals surface area (Å²) >= 11 is 6.36. The van der Waals surface area contributed by atoms with E-state index in [1.54, 1.807) is 23.1 Å². The number of likely N-dealkylation sites (tertiary alicyclic amines) is 1. The molecular weight excluding hydrogens is 442 g/mol. The molecule has 33 heavy (non-hydrogen) atoms. The molecule has 0 bridgehead atoms. The minimum atomic E-state index is -0.699. The topological polar surface area (TPSA) is 76.1 Å². The molecule has 1 N–H and O–H groups in total. The molecule has 7 heteroatoms. The molecule has 2 aromatic carbocycles. The zero-order valence-corrected chi connectivity index (χ0v) is 19.6. The van der Waals surface area contributed by atoms with Gasteiger partial charge in [-0.2, -0.15) is 0 Å². The van der Waals surface area contributed by atoms with Gasteiger partial charge in [0.1, 0.15) is 17.3 Å². The lowest BCUT2D eigenvalue weighted by atomic mass is 9.94. The number of aliphatic hydroxyl groups is 1. The van der Waals surface area contributed by atoms with E-state index in [-0.39, 0.29) is 28.0 Å². The number of ketones is 1. The predicted molar refractivity (Wildman–Crippen MR) is 127 cm³/mol. The monoisotopic (exact) mass is 469 g/mol. The van der Waals surface area contributed by atoms with Crippen LogP contribution in [0.4, 0.5) is 0 Å². The summed E-state index contributed by atoms with van der Waals surface area (Å²) in [6.07, 6.45) is 4.57. The van der Waals surface area contributed by atoms with Gasteiger partial charge in [0, 0.05) is 11.6 Å². The molecule has 1 aliphatic heterocycles. The van der Waals surface area contributed by atoms with E-state index in [0.29, 0.717) is 18.1 Å². The van der Waals surface area contributed by atoms with Crippen LogP contribution < -0.4 is 9.47 Å². The maximum Gasteiger partial charge on any atom is 0.295 e. The summed E-state index contributed by atoms with van der Waals surface area (Å²) in [5, 5.41) is 11.6. The number of hydrogen-bond donors (Lipinski definition) is 1. The van der Waals surface area contributed by atoms with Gasteiger partial charge in [0.05, 0.1) is 30.4 Å². The summed E-state index contributed by atoms with van der Waals surface area (Å²) < 4.78 is 10.9. The Labute approximate surface area is 198 Å². The first-order valence-corrected chi connectivity index (χ1v) is 11.7. The normalized spacial score (nSPS) is 20.5. The maximum atomic E-state index is 13.2. The van der Waals surface area contributed by atoms with Gasteiger partial charge in [0.2, 0.25) is 0 Å². The molecular formula is C26H28ClNO5. The molecule has 1 amide bonds. The first kappa shape index (κ1) is 23.2. The van der Waals surface area contributed by atoms with E-state index in [0.717, 1.165) is 37.7 Å². The molecule has 0 aromatic heterocycles. The average molecular weight is 470 g/mol. The summed E-state index contributed by atoms with van der Waals surface area (Å²) in [6, 6.07) is 11.5. The Hall–Kier alpha value is -2.99. The fraction of sp³-hybridized carbons (Fsp3) is 0.385. The van der Waals surface area contributed by atoms with Gasteiger partial charge >= 0.3 is 0 Å². The number of halogens is 1. The van der Waals surface area contributed by atoms with Crippen LogP contribution in [0, 0.1) is 0 Å². The first-order valence-electron chi connectivity index (χ1n) is 11.3. The third-order valence-corrected chi connectivity index (χ3v) is 6.63. The van der Waals surface area contributed by atoms with Gasteiger partial charge in [-0.1, -0.05) is 43.5 Å². The van der Waals surface area contributed by atoms with Gasteiger partial charge < -0.3 is 19.5 Å². The van der Waals surface area contributed by atoms with Crippen molar-refractivity contribution in [2.24, 2.45) is 0 Å². The van der Waals surface area contributed by atoms with E-state index in [1.807, 2.05) is 31.2 Å². The Kier molecular flexibility index (Phi) is 6.94. The van der Waals surface area contributed by atoms with Crippen molar-refractivity contribution in [1.82, 2.24) is 4.90 Å². The highest BCUT2D eigenvalue weighted by Gasteiger charge is 2.49. The Morgan fingerprint density at radius 2 is 1.76 bits per heavy atom. The largest absolute Gasteiger partial charge is 0.507 e. The third-order valence-electron chi connectivity index (χ3n) is 6.30. The minimum absolute atomic E-state index is 0.0456. The number of carbonyl (C=O) groups excluding carboxylic acids is 2. The Morgan fingerprint density at radius 3 is 2.39 bits per heavy atom. The van der Waals surface area contributed by atoms with Crippen LogP contribution in [-0.4, -0.2) is 41.5 Å². The van der Waals surface area contributed by atoms with E-state index in [4.69, 9.17) is 21.1 Å². The minimum Gasteiger partial charge on any atom is -0.507 e. The number of hydrogen-bond acceptors (Lipinski definition) is 5. The number of ether oxygens (including phenoxy) is 2. The summed E-state index contributed by atoms with van der Waals surface area (Å²) in [7, 11) is 1.51. The van der Waals surface area contributed by atoms with Crippen molar-refractivity contribution in [3.63, 3.8) is 0 Å². The lowest BCUT2D eigenvalue weighted by Crippen LogP contribution is -2.37. The molecule has 0 radical (unpaired) electrons. The fourth-order valence-electron chi connectivity index (χ4n) is 4.66. The summed E-state index contributed by atoms with van der Waals surface area (Å²) in [4.78, 5) is 28.1. The molecule has 1 aliphatic carbocycles. The van der Waals surface area contributed by atoms with Gasteiger partial charge in [-0.05, 0) is 55.2 Å². The lowest BCUT2D eigenvalue weighted by Gasteiger charge is -2.31. The van der Waals surface area contributed by atoms with Crippen molar-refractivity contribution in [1.29, 1.82) is 0 Å². The molecule has 2 aliphatic rings. The quantitative estimate of drug-likeness (QED) is 0.329. The first-order chi connectivity index (χ1) is 16.0. The molecule has 1 atom stereocenters. The number of nitrogens with zero attached hydrogens (tertiary/aromatic N) is 1. The Bertz CT molecular complexity index is 1070. The Morgan fingerprint density at radius 1 is 1.09 bits per heavy atom. The maximum absolute atomic E-state index is 13.2. The number of rotatable bonds is 7. The van der Waals surface area contributed by atoms with Crippen LogP contribution in [0.5, 0.6) is 11.5 Å². The van der Waals surface area contributed by atoms with Gasteiger partial charge in [0.15, 0.2) is 0 Å². The van der Waals surface area contributed by atoms with Crippen molar-refractivity contribution < 1.29 is 24.2 Å². The number of carbonyl (C=O) groups is 2. The molecule has 2 fully saturated rings. The molecule has 4 rings (SSSR count). The molecule has 0 spiro atoms. The molecule has 6 nitrogen and oxygen atoms in total. The highest BCUT2D eigenvalue weighted by molar-refractivity contribution is 6.47. The van der Waals surface area contributed by atoms with Crippen LogP contribution >= 0.6 is 11.6 Å². The van der Waals surface area contributed by atoms with Crippen molar-refractivity contribution in [3.8, 4) is 11.5 Å². The number of Topliss-reactive ketones (excluding diaryl/α,β-unsaturated/α-hetero) is 1. The number of benzene rings is 2. The van der Waals surface area contributed by atoms with E-state index in [9.17, 15) is 14.7 Å². The van der Waals surface area contributed by atoms with E-state index in [2.05, 4.69) is 0 Å². The smallest absolute Gasteiger partial charge is 0.295 e. The second-order valence-corrected chi connectivity index (χ2v) is 8.82. The van der Waals surface area contributed by atoms with Crippen LogP contribution in [0.15, 0.2) is 48.0 Å². The average Bonchev–Trinajstić information content (AvgIpc) is 3.45. The lowest BCUT2D eigenvalue weighted by molar-refractivity contribution is -0.141. The summed E-state index contributed by atoms with van der Waals surface area (Å²) in [5.74, 6) is -0.378. The predicted octanol–water partition coefficient (Wildman–Crippen LogP) is 5.50. The zero-order chi connectivity index (χ0) is 23.5. The van der Waals surface area contributed by atoms with Crippen molar-refractivity contribution >= 4 is 29.1 Å². The van der Waals surface area contributed by atoms with E-state index < -0.39 is 17.7 Å². The van der Waals surface area contributed by atoms with Crippen LogP contribution in [0.25, 0.3) is 5.76 Å². The van der Waals surface area contributed by atoms with Gasteiger partial charge in [-0.15, -0.1) is 0 Å².